The summed E-state index contributed by atoms with van der Waals surface area (Å²) in [4.78, 5) is 18.5. The summed E-state index contributed by atoms with van der Waals surface area (Å²) in [5, 5.41) is 6.16. The molecule has 0 bridgehead atoms. The average Bonchev–Trinajstić information content (AvgIpc) is 2.47. The van der Waals surface area contributed by atoms with Gasteiger partial charge in [-0.05, 0) is 58.0 Å². The maximum absolute atomic E-state index is 12.0. The zero-order valence-electron chi connectivity index (χ0n) is 12.4. The number of nitrogens with zero attached hydrogens (tertiary/aromatic N) is 2. The normalized spacial score (nSPS) is 16.9. The number of carbonyl (C=O) groups is 1. The second kappa shape index (κ2) is 7.24. The summed E-state index contributed by atoms with van der Waals surface area (Å²) in [5.41, 5.74) is 1.43. The van der Waals surface area contributed by atoms with Gasteiger partial charge < -0.3 is 15.5 Å². The van der Waals surface area contributed by atoms with Gasteiger partial charge in [0.2, 0.25) is 0 Å². The van der Waals surface area contributed by atoms with Crippen LogP contribution in [0, 0.1) is 5.92 Å². The van der Waals surface area contributed by atoms with E-state index in [1.54, 1.807) is 12.3 Å². The number of nitrogens with one attached hydrogen (secondary N) is 2. The predicted molar refractivity (Wildman–Crippen MR) is 81.0 cm³/mol. The first kappa shape index (κ1) is 14.8. The van der Waals surface area contributed by atoms with E-state index in [2.05, 4.69) is 27.6 Å². The molecule has 2 N–H and O–H groups in total. The largest absolute Gasteiger partial charge is 0.384 e. The number of hydrogen-bond acceptors (Lipinski definition) is 4. The van der Waals surface area contributed by atoms with Crippen LogP contribution in [0.15, 0.2) is 18.3 Å². The van der Waals surface area contributed by atoms with E-state index < -0.39 is 0 Å². The van der Waals surface area contributed by atoms with Gasteiger partial charge in [-0.3, -0.25) is 4.79 Å². The molecule has 1 aromatic rings. The standard InChI is InChI=1S/C15H24N4O/c1-3-16-13-4-5-14(17-11-13)15(20)18-10-12-6-8-19(2)9-7-12/h4-5,11-12,16H,3,6-10H2,1-2H3,(H,18,20). The molecule has 20 heavy (non-hydrogen) atoms. The third-order valence-corrected chi connectivity index (χ3v) is 3.77. The molecule has 0 saturated carbocycles. The van der Waals surface area contributed by atoms with Gasteiger partial charge in [-0.2, -0.15) is 0 Å². The molecule has 2 heterocycles. The van der Waals surface area contributed by atoms with Crippen LogP contribution in [0.5, 0.6) is 0 Å². The third-order valence-electron chi connectivity index (χ3n) is 3.77. The van der Waals surface area contributed by atoms with Crippen molar-refractivity contribution in [3.63, 3.8) is 0 Å². The fourth-order valence-electron chi connectivity index (χ4n) is 2.43. The predicted octanol–water partition coefficient (Wildman–Crippen LogP) is 1.58. The van der Waals surface area contributed by atoms with Crippen molar-refractivity contribution < 1.29 is 4.79 Å². The molecule has 1 fully saturated rings. The van der Waals surface area contributed by atoms with Gasteiger partial charge in [0.05, 0.1) is 11.9 Å². The highest BCUT2D eigenvalue weighted by molar-refractivity contribution is 5.92. The molecule has 0 aliphatic carbocycles. The Morgan fingerprint density at radius 2 is 2.15 bits per heavy atom. The molecule has 1 saturated heterocycles. The lowest BCUT2D eigenvalue weighted by molar-refractivity contribution is 0.0934. The number of aromatic nitrogens is 1. The first-order chi connectivity index (χ1) is 9.69. The molecular weight excluding hydrogens is 252 g/mol. The number of piperidine rings is 1. The fraction of sp³-hybridized carbons (Fsp3) is 0.600. The van der Waals surface area contributed by atoms with Crippen molar-refractivity contribution in [1.29, 1.82) is 0 Å². The van der Waals surface area contributed by atoms with Crippen molar-refractivity contribution in [2.24, 2.45) is 5.92 Å². The van der Waals surface area contributed by atoms with Gasteiger partial charge in [-0.15, -0.1) is 0 Å². The maximum Gasteiger partial charge on any atom is 0.269 e. The van der Waals surface area contributed by atoms with Crippen LogP contribution in [0.2, 0.25) is 0 Å². The summed E-state index contributed by atoms with van der Waals surface area (Å²) in [7, 11) is 2.14. The van der Waals surface area contributed by atoms with Gasteiger partial charge in [0.25, 0.3) is 5.91 Å². The number of pyridine rings is 1. The summed E-state index contributed by atoms with van der Waals surface area (Å²) < 4.78 is 0. The van der Waals surface area contributed by atoms with E-state index in [4.69, 9.17) is 0 Å². The number of carbonyl (C=O) groups excluding carboxylic acids is 1. The van der Waals surface area contributed by atoms with Crippen LogP contribution in [0.1, 0.15) is 30.3 Å². The molecule has 2 rings (SSSR count). The van der Waals surface area contributed by atoms with Crippen LogP contribution in [0.25, 0.3) is 0 Å². The Morgan fingerprint density at radius 1 is 1.40 bits per heavy atom. The Labute approximate surface area is 120 Å². The van der Waals surface area contributed by atoms with Crippen molar-refractivity contribution in [1.82, 2.24) is 15.2 Å². The Hall–Kier alpha value is -1.62. The van der Waals surface area contributed by atoms with E-state index in [1.165, 1.54) is 0 Å². The molecule has 0 radical (unpaired) electrons. The van der Waals surface area contributed by atoms with Gasteiger partial charge in [-0.1, -0.05) is 0 Å². The molecule has 1 aromatic heterocycles. The molecule has 0 spiro atoms. The van der Waals surface area contributed by atoms with Gasteiger partial charge in [-0.25, -0.2) is 4.98 Å². The van der Waals surface area contributed by atoms with Crippen LogP contribution >= 0.6 is 0 Å². The average molecular weight is 276 g/mol. The van der Waals surface area contributed by atoms with Crippen molar-refractivity contribution >= 4 is 11.6 Å². The highest BCUT2D eigenvalue weighted by atomic mass is 16.1. The molecule has 1 aliphatic rings. The van der Waals surface area contributed by atoms with Crippen LogP contribution in [0.4, 0.5) is 5.69 Å². The summed E-state index contributed by atoms with van der Waals surface area (Å²) in [5.74, 6) is 0.517. The zero-order valence-corrected chi connectivity index (χ0v) is 12.4. The minimum atomic E-state index is -0.0769. The number of rotatable bonds is 5. The fourth-order valence-corrected chi connectivity index (χ4v) is 2.43. The second-order valence-corrected chi connectivity index (χ2v) is 5.42. The lowest BCUT2D eigenvalue weighted by atomic mass is 9.97. The van der Waals surface area contributed by atoms with Crippen molar-refractivity contribution in [2.45, 2.75) is 19.8 Å². The summed E-state index contributed by atoms with van der Waals surface area (Å²) in [6, 6.07) is 3.66. The summed E-state index contributed by atoms with van der Waals surface area (Å²) in [6.07, 6.45) is 4.01. The number of likely N-dealkylation sites (tertiary alicyclic amines) is 1. The smallest absolute Gasteiger partial charge is 0.269 e. The van der Waals surface area contributed by atoms with Crippen molar-refractivity contribution in [3.05, 3.63) is 24.0 Å². The molecule has 0 atom stereocenters. The molecule has 0 aromatic carbocycles. The molecule has 110 valence electrons. The van der Waals surface area contributed by atoms with Crippen LogP contribution in [0.3, 0.4) is 0 Å². The topological polar surface area (TPSA) is 57.3 Å². The molecule has 5 nitrogen and oxygen atoms in total. The van der Waals surface area contributed by atoms with Gasteiger partial charge in [0.15, 0.2) is 0 Å². The SMILES string of the molecule is CCNc1ccc(C(=O)NCC2CCN(C)CC2)nc1. The Bertz CT molecular complexity index is 424. The minimum absolute atomic E-state index is 0.0769. The quantitative estimate of drug-likeness (QED) is 0.857. The van der Waals surface area contributed by atoms with Gasteiger partial charge >= 0.3 is 0 Å². The zero-order chi connectivity index (χ0) is 14.4. The van der Waals surface area contributed by atoms with E-state index >= 15 is 0 Å². The summed E-state index contributed by atoms with van der Waals surface area (Å²) >= 11 is 0. The van der Waals surface area contributed by atoms with Crippen LogP contribution in [-0.2, 0) is 0 Å². The Morgan fingerprint density at radius 3 is 2.75 bits per heavy atom. The lowest BCUT2D eigenvalue weighted by Gasteiger charge is -2.28. The van der Waals surface area contributed by atoms with Crippen molar-refractivity contribution in [2.75, 3.05) is 38.5 Å². The minimum Gasteiger partial charge on any atom is -0.384 e. The van der Waals surface area contributed by atoms with E-state index in [-0.39, 0.29) is 5.91 Å². The molecule has 5 heteroatoms. The van der Waals surface area contributed by atoms with Gasteiger partial charge in [0.1, 0.15) is 5.69 Å². The van der Waals surface area contributed by atoms with E-state index in [0.29, 0.717) is 11.6 Å². The van der Waals surface area contributed by atoms with Crippen LogP contribution < -0.4 is 10.6 Å². The van der Waals surface area contributed by atoms with E-state index in [0.717, 1.165) is 44.7 Å². The van der Waals surface area contributed by atoms with E-state index in [1.807, 2.05) is 13.0 Å². The number of anilines is 1. The van der Waals surface area contributed by atoms with E-state index in [9.17, 15) is 4.79 Å². The Kier molecular flexibility index (Phi) is 5.35. The number of amides is 1. The lowest BCUT2D eigenvalue weighted by Crippen LogP contribution is -2.37. The van der Waals surface area contributed by atoms with Crippen molar-refractivity contribution in [3.8, 4) is 0 Å². The molecule has 1 amide bonds. The van der Waals surface area contributed by atoms with Crippen LogP contribution in [-0.4, -0.2) is 49.0 Å². The molecule has 1 aliphatic heterocycles. The highest BCUT2D eigenvalue weighted by Gasteiger charge is 2.17. The number of hydrogen-bond donors (Lipinski definition) is 2. The molecular formula is C15H24N4O. The first-order valence-electron chi connectivity index (χ1n) is 7.35. The monoisotopic (exact) mass is 276 g/mol. The second-order valence-electron chi connectivity index (χ2n) is 5.42. The summed E-state index contributed by atoms with van der Waals surface area (Å²) in [6.45, 7) is 5.88. The van der Waals surface area contributed by atoms with Gasteiger partial charge in [0, 0.05) is 13.1 Å². The maximum atomic E-state index is 12.0. The third kappa shape index (κ3) is 4.20. The highest BCUT2D eigenvalue weighted by Crippen LogP contribution is 2.15. The first-order valence-corrected chi connectivity index (χ1v) is 7.35. The molecule has 0 unspecified atom stereocenters. The Balaban J connectivity index is 1.79.